The Bertz CT molecular complexity index is 2170. The lowest BCUT2D eigenvalue weighted by atomic mass is 10.0. The largest absolute Gasteiger partial charge is 0.756 e. The molecule has 0 saturated heterocycles. The van der Waals surface area contributed by atoms with E-state index >= 15 is 0 Å². The Morgan fingerprint density at radius 1 is 0.316 bits per heavy atom. The van der Waals surface area contributed by atoms with E-state index < -0.39 is 26.5 Å². The van der Waals surface area contributed by atoms with Gasteiger partial charge < -0.3 is 27.9 Å². The van der Waals surface area contributed by atoms with Crippen LogP contribution in [0.15, 0.2) is 146 Å². The minimum Gasteiger partial charge on any atom is -0.756 e. The molecular formula is C88H152NO8P. The second-order valence-corrected chi connectivity index (χ2v) is 29.4. The third-order valence-corrected chi connectivity index (χ3v) is 18.3. The van der Waals surface area contributed by atoms with Crippen molar-refractivity contribution in [2.45, 2.75) is 354 Å². The van der Waals surface area contributed by atoms with Gasteiger partial charge in [-0.1, -0.05) is 365 Å². The number of nitrogens with zero attached hydrogens (tertiary/aromatic N) is 1. The van der Waals surface area contributed by atoms with Gasteiger partial charge in [-0.15, -0.1) is 0 Å². The van der Waals surface area contributed by atoms with Crippen molar-refractivity contribution in [3.63, 3.8) is 0 Å². The van der Waals surface area contributed by atoms with Gasteiger partial charge >= 0.3 is 11.9 Å². The topological polar surface area (TPSA) is 111 Å². The maximum Gasteiger partial charge on any atom is 0.306 e. The molecule has 0 aromatic carbocycles. The minimum atomic E-state index is -4.65. The van der Waals surface area contributed by atoms with Gasteiger partial charge in [0.05, 0.1) is 27.7 Å². The summed E-state index contributed by atoms with van der Waals surface area (Å²) in [6.07, 6.45) is 114. The van der Waals surface area contributed by atoms with Crippen molar-refractivity contribution >= 4 is 19.8 Å². The Morgan fingerprint density at radius 3 is 0.816 bits per heavy atom. The summed E-state index contributed by atoms with van der Waals surface area (Å²) in [5, 5.41) is 0. The molecule has 0 aliphatic carbocycles. The zero-order valence-corrected chi connectivity index (χ0v) is 65.1. The predicted octanol–water partition coefficient (Wildman–Crippen LogP) is 26.6. The summed E-state index contributed by atoms with van der Waals surface area (Å²) in [6.45, 7) is 4.05. The Kier molecular flexibility index (Phi) is 73.8. The van der Waals surface area contributed by atoms with Crippen LogP contribution in [0.1, 0.15) is 348 Å². The highest BCUT2D eigenvalue weighted by atomic mass is 31.2. The number of esters is 2. The van der Waals surface area contributed by atoms with Crippen molar-refractivity contribution < 1.29 is 42.1 Å². The molecule has 0 aliphatic rings. The molecule has 0 saturated carbocycles. The van der Waals surface area contributed by atoms with Crippen molar-refractivity contribution in [3.8, 4) is 0 Å². The van der Waals surface area contributed by atoms with E-state index in [4.69, 9.17) is 18.5 Å². The van der Waals surface area contributed by atoms with Crippen LogP contribution in [0, 0.1) is 0 Å². The molecule has 0 aromatic heterocycles. The Hall–Kier alpha value is -4.11. The minimum absolute atomic E-state index is 0.0337. The fraction of sp³-hybridized carbons (Fsp3) is 0.705. The average molecular weight is 1380 g/mol. The van der Waals surface area contributed by atoms with Crippen LogP contribution in [0.2, 0.25) is 0 Å². The number of carbonyl (C=O) groups is 2. The number of likely N-dealkylation sites (N-methyl/N-ethyl adjacent to an activating group) is 1. The molecule has 0 radical (unpaired) electrons. The molecule has 2 atom stereocenters. The molecule has 0 bridgehead atoms. The number of carbonyl (C=O) groups excluding carboxylic acids is 2. The van der Waals surface area contributed by atoms with E-state index in [2.05, 4.69) is 160 Å². The van der Waals surface area contributed by atoms with Crippen molar-refractivity contribution in [2.24, 2.45) is 0 Å². The lowest BCUT2D eigenvalue weighted by molar-refractivity contribution is -0.870. The van der Waals surface area contributed by atoms with Crippen LogP contribution in [0.4, 0.5) is 0 Å². The first-order valence-corrected chi connectivity index (χ1v) is 42.0. The van der Waals surface area contributed by atoms with Gasteiger partial charge in [0, 0.05) is 12.8 Å². The monoisotopic (exact) mass is 1380 g/mol. The highest BCUT2D eigenvalue weighted by molar-refractivity contribution is 7.45. The lowest BCUT2D eigenvalue weighted by Gasteiger charge is -2.28. The molecule has 562 valence electrons. The van der Waals surface area contributed by atoms with Gasteiger partial charge in [0.15, 0.2) is 6.10 Å². The van der Waals surface area contributed by atoms with Gasteiger partial charge in [-0.2, -0.15) is 0 Å². The number of hydrogen-bond acceptors (Lipinski definition) is 8. The fourth-order valence-corrected chi connectivity index (χ4v) is 12.0. The molecular weight excluding hydrogens is 1230 g/mol. The third-order valence-electron chi connectivity index (χ3n) is 17.4. The van der Waals surface area contributed by atoms with Gasteiger partial charge in [-0.3, -0.25) is 14.2 Å². The maximum atomic E-state index is 12.9. The van der Waals surface area contributed by atoms with Crippen LogP contribution >= 0.6 is 7.82 Å². The van der Waals surface area contributed by atoms with E-state index in [1.165, 1.54) is 199 Å². The number of hydrogen-bond donors (Lipinski definition) is 0. The molecule has 0 aromatic rings. The Balaban J connectivity index is 3.97. The maximum absolute atomic E-state index is 12.9. The molecule has 0 amide bonds. The number of ether oxygens (including phenoxy) is 2. The van der Waals surface area contributed by atoms with E-state index in [9.17, 15) is 19.0 Å². The summed E-state index contributed by atoms with van der Waals surface area (Å²) in [5.41, 5.74) is 0. The van der Waals surface area contributed by atoms with E-state index in [1.807, 2.05) is 21.1 Å². The van der Waals surface area contributed by atoms with Gasteiger partial charge in [-0.05, 0) is 116 Å². The quantitative estimate of drug-likeness (QED) is 0.0195. The van der Waals surface area contributed by atoms with Crippen molar-refractivity contribution in [1.29, 1.82) is 0 Å². The van der Waals surface area contributed by atoms with E-state index in [0.717, 1.165) is 116 Å². The van der Waals surface area contributed by atoms with E-state index in [1.54, 1.807) is 0 Å². The van der Waals surface area contributed by atoms with Crippen LogP contribution in [0.3, 0.4) is 0 Å². The SMILES string of the molecule is CC/C=C\C/C=C\C/C=C\C/C=C\C/C=C\C/C=C\C/C=C\C/C=C\CCCCCCCCCCCCCCCCCCC(=O)OC(COC(=O)CCCCCCCCCCCCCCCCCCCCCC/C=C\C/C=C\C/C=C\C/C=C\CC)COP(=O)([O-])OCC[N+](C)(C)C. The predicted molar refractivity (Wildman–Crippen MR) is 424 cm³/mol. The highest BCUT2D eigenvalue weighted by Crippen LogP contribution is 2.38. The highest BCUT2D eigenvalue weighted by Gasteiger charge is 2.22. The first-order chi connectivity index (χ1) is 48.0. The molecule has 0 fully saturated rings. The zero-order valence-electron chi connectivity index (χ0n) is 64.2. The van der Waals surface area contributed by atoms with E-state index in [0.29, 0.717) is 17.4 Å². The lowest BCUT2D eigenvalue weighted by Crippen LogP contribution is -2.37. The smallest absolute Gasteiger partial charge is 0.306 e. The third kappa shape index (κ3) is 80.9. The number of phosphoric acid groups is 1. The van der Waals surface area contributed by atoms with Crippen molar-refractivity contribution in [1.82, 2.24) is 0 Å². The average Bonchev–Trinajstić information content (AvgIpc) is 1.08. The van der Waals surface area contributed by atoms with Crippen molar-refractivity contribution in [2.75, 3.05) is 47.5 Å². The van der Waals surface area contributed by atoms with Gasteiger partial charge in [-0.25, -0.2) is 0 Å². The summed E-state index contributed by atoms with van der Waals surface area (Å²) >= 11 is 0. The summed E-state index contributed by atoms with van der Waals surface area (Å²) in [7, 11) is 1.17. The molecule has 0 N–H and O–H groups in total. The number of rotatable bonds is 74. The molecule has 0 heterocycles. The normalized spacial score (nSPS) is 13.8. The fourth-order valence-electron chi connectivity index (χ4n) is 11.3. The van der Waals surface area contributed by atoms with Crippen LogP contribution in [0.5, 0.6) is 0 Å². The Labute approximate surface area is 605 Å². The molecule has 9 nitrogen and oxygen atoms in total. The number of phosphoric ester groups is 1. The van der Waals surface area contributed by atoms with Crippen LogP contribution in [0.25, 0.3) is 0 Å². The van der Waals surface area contributed by atoms with Gasteiger partial charge in [0.25, 0.3) is 7.82 Å². The summed E-state index contributed by atoms with van der Waals surface area (Å²) < 4.78 is 34.4. The first kappa shape index (κ1) is 93.9. The molecule has 2 unspecified atom stereocenters. The van der Waals surface area contributed by atoms with Crippen molar-refractivity contribution in [3.05, 3.63) is 146 Å². The standard InChI is InChI=1S/C88H152NO8P/c1-6-8-10-12-14-16-18-20-22-24-26-28-30-32-34-36-38-40-41-42-43-44-45-46-47-49-51-53-55-57-59-61-63-65-67-69-71-73-75-77-79-81-88(91)97-86(85-96-98(92,93)95-83-82-89(3,4)5)84-94-87(90)80-78-76-74-72-70-68-66-64-62-60-58-56-54-52-50-48-39-37-35-33-31-29-27-25-23-21-19-17-15-13-11-9-7-2/h8-11,14-17,20-23,26-29,32,34,38,40,42-43,45-46,86H,6-7,12-13,18-19,24-25,30-31,33,35-37,39,41,44,47-85H2,1-5H3/b10-8-,11-9-,16-14-,17-15-,22-20-,23-21-,28-26-,29-27-,34-32-,40-38-,43-42-,46-45-. The summed E-state index contributed by atoms with van der Waals surface area (Å²) in [5.74, 6) is -0.823. The van der Waals surface area contributed by atoms with Crippen LogP contribution < -0.4 is 4.89 Å². The molecule has 0 aliphatic heterocycles. The summed E-state index contributed by atoms with van der Waals surface area (Å²) in [6, 6.07) is 0. The van der Waals surface area contributed by atoms with E-state index in [-0.39, 0.29) is 32.0 Å². The number of quaternary nitrogens is 1. The second-order valence-electron chi connectivity index (χ2n) is 28.0. The van der Waals surface area contributed by atoms with Crippen LogP contribution in [-0.4, -0.2) is 70.0 Å². The molecule has 10 heteroatoms. The second kappa shape index (κ2) is 77.1. The van der Waals surface area contributed by atoms with Crippen LogP contribution in [-0.2, 0) is 32.7 Å². The van der Waals surface area contributed by atoms with Gasteiger partial charge in [0.1, 0.15) is 19.8 Å². The Morgan fingerprint density at radius 2 is 0.551 bits per heavy atom. The molecule has 0 rings (SSSR count). The van der Waals surface area contributed by atoms with Gasteiger partial charge in [0.2, 0.25) is 0 Å². The molecule has 0 spiro atoms. The summed E-state index contributed by atoms with van der Waals surface area (Å²) in [4.78, 5) is 38.2. The zero-order chi connectivity index (χ0) is 71.1. The first-order valence-electron chi connectivity index (χ1n) is 40.5. The number of allylic oxidation sites excluding steroid dienone is 24. The number of unbranched alkanes of at least 4 members (excludes halogenated alkanes) is 36. The molecule has 98 heavy (non-hydrogen) atoms.